The Morgan fingerprint density at radius 3 is 2.73 bits per heavy atom. The zero-order valence-electron chi connectivity index (χ0n) is 9.76. The molecule has 0 spiro atoms. The molecule has 0 aliphatic rings. The van der Waals surface area contributed by atoms with Gasteiger partial charge in [-0.2, -0.15) is 5.10 Å². The van der Waals surface area contributed by atoms with Gasteiger partial charge >= 0.3 is 0 Å². The molecule has 0 radical (unpaired) electrons. The maximum absolute atomic E-state index is 5.99. The van der Waals surface area contributed by atoms with E-state index in [2.05, 4.69) is 24.3 Å². The predicted molar refractivity (Wildman–Crippen MR) is 64.5 cm³/mol. The normalized spacial score (nSPS) is 13.1. The van der Waals surface area contributed by atoms with Gasteiger partial charge in [0, 0.05) is 6.54 Å². The molecule has 1 atom stereocenters. The first-order chi connectivity index (χ1) is 7.20. The predicted octanol–water partition coefficient (Wildman–Crippen LogP) is 2.80. The molecule has 0 saturated heterocycles. The zero-order chi connectivity index (χ0) is 11.3. The first-order valence-corrected chi connectivity index (χ1v) is 5.98. The van der Waals surface area contributed by atoms with Crippen LogP contribution in [0.4, 0.5) is 0 Å². The van der Waals surface area contributed by atoms with E-state index in [0.717, 1.165) is 36.6 Å². The Hall–Kier alpha value is -0.540. The third-order valence-electron chi connectivity index (χ3n) is 2.61. The van der Waals surface area contributed by atoms with Crippen molar-refractivity contribution in [2.24, 2.45) is 0 Å². The van der Waals surface area contributed by atoms with Crippen molar-refractivity contribution in [1.82, 2.24) is 15.1 Å². The molecule has 3 nitrogen and oxygen atoms in total. The van der Waals surface area contributed by atoms with Gasteiger partial charge < -0.3 is 5.32 Å². The monoisotopic (exact) mass is 229 g/mol. The molecule has 0 saturated carbocycles. The molecule has 1 aromatic heterocycles. The molecule has 15 heavy (non-hydrogen) atoms. The van der Waals surface area contributed by atoms with Crippen LogP contribution in [0.1, 0.15) is 38.4 Å². The second-order valence-corrected chi connectivity index (χ2v) is 4.20. The van der Waals surface area contributed by atoms with Crippen molar-refractivity contribution in [1.29, 1.82) is 0 Å². The minimum atomic E-state index is 0.407. The molecule has 0 aliphatic carbocycles. The van der Waals surface area contributed by atoms with Gasteiger partial charge in [-0.3, -0.25) is 4.68 Å². The average molecular weight is 230 g/mol. The highest BCUT2D eigenvalue weighted by atomic mass is 35.5. The molecule has 1 rings (SSSR count). The van der Waals surface area contributed by atoms with Gasteiger partial charge in [0.1, 0.15) is 0 Å². The summed E-state index contributed by atoms with van der Waals surface area (Å²) in [5.41, 5.74) is 1.06. The van der Waals surface area contributed by atoms with Crippen LogP contribution in [0, 0.1) is 6.92 Å². The Labute approximate surface area is 96.8 Å². The van der Waals surface area contributed by atoms with Crippen LogP contribution in [0.15, 0.2) is 6.20 Å². The van der Waals surface area contributed by atoms with Crippen LogP contribution in [0.2, 0.25) is 5.02 Å². The van der Waals surface area contributed by atoms with E-state index in [1.165, 1.54) is 0 Å². The van der Waals surface area contributed by atoms with Crippen molar-refractivity contribution < 1.29 is 0 Å². The lowest BCUT2D eigenvalue weighted by Crippen LogP contribution is -2.26. The summed E-state index contributed by atoms with van der Waals surface area (Å²) >= 11 is 5.99. The first-order valence-electron chi connectivity index (χ1n) is 5.61. The Kier molecular flexibility index (Phi) is 5.12. The lowest BCUT2D eigenvalue weighted by Gasteiger charge is -2.18. The summed E-state index contributed by atoms with van der Waals surface area (Å²) in [6, 6.07) is 0.407. The molecule has 1 unspecified atom stereocenters. The maximum Gasteiger partial charge on any atom is 0.0815 e. The third-order valence-corrected chi connectivity index (χ3v) is 2.98. The van der Waals surface area contributed by atoms with E-state index in [1.54, 1.807) is 6.20 Å². The number of halogens is 1. The number of hydrogen-bond acceptors (Lipinski definition) is 2. The molecule has 0 amide bonds. The van der Waals surface area contributed by atoms with Crippen molar-refractivity contribution in [3.63, 3.8) is 0 Å². The molecule has 1 heterocycles. The SMILES string of the molecule is CCCNCC(CC)n1ncc(Cl)c1C. The van der Waals surface area contributed by atoms with E-state index in [0.29, 0.717) is 6.04 Å². The summed E-state index contributed by atoms with van der Waals surface area (Å²) in [6.07, 6.45) is 3.95. The summed E-state index contributed by atoms with van der Waals surface area (Å²) in [6.45, 7) is 8.38. The Balaban J connectivity index is 2.61. The Bertz CT molecular complexity index is 296. The maximum atomic E-state index is 5.99. The van der Waals surface area contributed by atoms with Crippen LogP contribution in [-0.2, 0) is 0 Å². The van der Waals surface area contributed by atoms with Crippen molar-refractivity contribution >= 4 is 11.6 Å². The highest BCUT2D eigenvalue weighted by molar-refractivity contribution is 6.31. The highest BCUT2D eigenvalue weighted by Gasteiger charge is 2.13. The second kappa shape index (κ2) is 6.13. The van der Waals surface area contributed by atoms with Gasteiger partial charge in [0.2, 0.25) is 0 Å². The lowest BCUT2D eigenvalue weighted by atomic mass is 10.2. The molecule has 1 aromatic rings. The smallest absolute Gasteiger partial charge is 0.0815 e. The van der Waals surface area contributed by atoms with Crippen LogP contribution in [-0.4, -0.2) is 22.9 Å². The van der Waals surface area contributed by atoms with Gasteiger partial charge in [-0.15, -0.1) is 0 Å². The quantitative estimate of drug-likeness (QED) is 0.761. The zero-order valence-corrected chi connectivity index (χ0v) is 10.5. The van der Waals surface area contributed by atoms with E-state index in [4.69, 9.17) is 11.6 Å². The van der Waals surface area contributed by atoms with Gasteiger partial charge in [-0.25, -0.2) is 0 Å². The fourth-order valence-electron chi connectivity index (χ4n) is 1.62. The number of nitrogens with one attached hydrogen (secondary N) is 1. The Morgan fingerprint density at radius 2 is 2.27 bits per heavy atom. The van der Waals surface area contributed by atoms with Crippen molar-refractivity contribution in [3.05, 3.63) is 16.9 Å². The largest absolute Gasteiger partial charge is 0.315 e. The van der Waals surface area contributed by atoms with Gasteiger partial charge in [-0.1, -0.05) is 25.4 Å². The van der Waals surface area contributed by atoms with Gasteiger partial charge in [0.05, 0.1) is 23.0 Å². The minimum Gasteiger partial charge on any atom is -0.315 e. The van der Waals surface area contributed by atoms with Crippen LogP contribution < -0.4 is 5.32 Å². The average Bonchev–Trinajstić information content (AvgIpc) is 2.56. The molecule has 1 N–H and O–H groups in total. The molecule has 0 bridgehead atoms. The highest BCUT2D eigenvalue weighted by Crippen LogP contribution is 2.19. The standard InChI is InChI=1S/C11H20ClN3/c1-4-6-13-7-10(5-2)15-9(3)11(12)8-14-15/h8,10,13H,4-7H2,1-3H3. The van der Waals surface area contributed by atoms with Crippen LogP contribution >= 0.6 is 11.6 Å². The van der Waals surface area contributed by atoms with Crippen LogP contribution in [0.5, 0.6) is 0 Å². The number of aromatic nitrogens is 2. The van der Waals surface area contributed by atoms with E-state index >= 15 is 0 Å². The molecular weight excluding hydrogens is 210 g/mol. The van der Waals surface area contributed by atoms with E-state index in [-0.39, 0.29) is 0 Å². The first kappa shape index (κ1) is 12.5. The molecule has 0 aliphatic heterocycles. The minimum absolute atomic E-state index is 0.407. The number of rotatable bonds is 6. The topological polar surface area (TPSA) is 29.9 Å². The van der Waals surface area contributed by atoms with E-state index in [9.17, 15) is 0 Å². The number of hydrogen-bond donors (Lipinski definition) is 1. The summed E-state index contributed by atoms with van der Waals surface area (Å²) < 4.78 is 2.02. The molecule has 0 aromatic carbocycles. The third kappa shape index (κ3) is 3.21. The van der Waals surface area contributed by atoms with Crippen LogP contribution in [0.3, 0.4) is 0 Å². The van der Waals surface area contributed by atoms with E-state index < -0.39 is 0 Å². The fraction of sp³-hybridized carbons (Fsp3) is 0.727. The second-order valence-electron chi connectivity index (χ2n) is 3.79. The van der Waals surface area contributed by atoms with Crippen LogP contribution in [0.25, 0.3) is 0 Å². The number of nitrogens with zero attached hydrogens (tertiary/aromatic N) is 2. The molecular formula is C11H20ClN3. The lowest BCUT2D eigenvalue weighted by molar-refractivity contribution is 0.405. The summed E-state index contributed by atoms with van der Waals surface area (Å²) in [5, 5.41) is 8.48. The summed E-state index contributed by atoms with van der Waals surface area (Å²) in [4.78, 5) is 0. The molecule has 0 fully saturated rings. The van der Waals surface area contributed by atoms with Crippen molar-refractivity contribution in [2.45, 2.75) is 39.7 Å². The molecule has 4 heteroatoms. The summed E-state index contributed by atoms with van der Waals surface area (Å²) in [7, 11) is 0. The van der Waals surface area contributed by atoms with Gasteiger partial charge in [0.15, 0.2) is 0 Å². The van der Waals surface area contributed by atoms with Gasteiger partial charge in [0.25, 0.3) is 0 Å². The fourth-order valence-corrected chi connectivity index (χ4v) is 1.75. The van der Waals surface area contributed by atoms with E-state index in [1.807, 2.05) is 11.6 Å². The molecule has 86 valence electrons. The Morgan fingerprint density at radius 1 is 1.53 bits per heavy atom. The summed E-state index contributed by atoms with van der Waals surface area (Å²) in [5.74, 6) is 0. The van der Waals surface area contributed by atoms with Crippen molar-refractivity contribution in [3.8, 4) is 0 Å². The van der Waals surface area contributed by atoms with Crippen molar-refractivity contribution in [2.75, 3.05) is 13.1 Å². The van der Waals surface area contributed by atoms with Gasteiger partial charge in [-0.05, 0) is 26.3 Å².